The van der Waals surface area contributed by atoms with Crippen LogP contribution >= 0.6 is 15.9 Å². The molecule has 3 rings (SSSR count). The molecule has 0 amide bonds. The molecule has 2 heterocycles. The van der Waals surface area contributed by atoms with Gasteiger partial charge in [0.15, 0.2) is 5.60 Å². The number of hydrogen-bond donors (Lipinski definition) is 0. The number of fused-ring (bicyclic) bond motifs is 3. The summed E-state index contributed by atoms with van der Waals surface area (Å²) in [5.74, 6) is -1.86. The predicted molar refractivity (Wildman–Crippen MR) is 113 cm³/mol. The van der Waals surface area contributed by atoms with Crippen LogP contribution in [-0.2, 0) is 23.9 Å². The minimum atomic E-state index is -1.35. The van der Waals surface area contributed by atoms with Gasteiger partial charge in [-0.3, -0.25) is 14.4 Å². The third kappa shape index (κ3) is 3.79. The number of carbonyl (C=O) groups is 3. The molecule has 1 unspecified atom stereocenters. The molecule has 0 saturated carbocycles. The summed E-state index contributed by atoms with van der Waals surface area (Å²) < 4.78 is 11.8. The van der Waals surface area contributed by atoms with E-state index in [-0.39, 0.29) is 24.1 Å². The zero-order valence-corrected chi connectivity index (χ0v) is 19.0. The van der Waals surface area contributed by atoms with Crippen LogP contribution in [-0.4, -0.2) is 29.7 Å². The van der Waals surface area contributed by atoms with Crippen molar-refractivity contribution in [1.29, 1.82) is 0 Å². The lowest BCUT2D eigenvalue weighted by atomic mass is 9.64. The molecule has 29 heavy (non-hydrogen) atoms. The summed E-state index contributed by atoms with van der Waals surface area (Å²) in [6, 6.07) is 0. The number of Topliss-reactive ketones (excluding diaryl/α,β-unsaturated/α-hetero) is 2. The summed E-state index contributed by atoms with van der Waals surface area (Å²) in [4.78, 5) is 37.6. The third-order valence-corrected chi connectivity index (χ3v) is 6.98. The van der Waals surface area contributed by atoms with Crippen LogP contribution in [0.2, 0.25) is 0 Å². The van der Waals surface area contributed by atoms with Crippen molar-refractivity contribution in [3.05, 3.63) is 45.7 Å². The van der Waals surface area contributed by atoms with E-state index in [1.165, 1.54) is 6.92 Å². The summed E-state index contributed by atoms with van der Waals surface area (Å²) in [7, 11) is 0. The van der Waals surface area contributed by atoms with Gasteiger partial charge in [0.05, 0.1) is 11.1 Å². The summed E-state index contributed by atoms with van der Waals surface area (Å²) in [6.45, 7) is 9.60. The summed E-state index contributed by atoms with van der Waals surface area (Å²) in [5.41, 5.74) is 0.551. The Labute approximate surface area is 180 Å². The standard InChI is InChI=1S/C23H27BrO5/c1-6-12(2)9-13(3)7-8-15-10-16-17(11-28-15)19-18(14(4)25)22(27)29-23(19,5)21(26)20(16)24/h7-10,12,17-19H,6,11H2,1-5H3/b8-7+,13-9+/t12-,17?,18-,19-,23+/m0/s1. The van der Waals surface area contributed by atoms with Gasteiger partial charge in [-0.25, -0.2) is 0 Å². The molecule has 0 N–H and O–H groups in total. The second-order valence-electron chi connectivity index (χ2n) is 8.33. The van der Waals surface area contributed by atoms with Gasteiger partial charge in [0.2, 0.25) is 5.78 Å². The quantitative estimate of drug-likeness (QED) is 0.343. The van der Waals surface area contributed by atoms with Gasteiger partial charge in [0.25, 0.3) is 0 Å². The van der Waals surface area contributed by atoms with Gasteiger partial charge in [-0.2, -0.15) is 0 Å². The van der Waals surface area contributed by atoms with E-state index in [9.17, 15) is 14.4 Å². The van der Waals surface area contributed by atoms with Gasteiger partial charge in [-0.1, -0.05) is 38.0 Å². The largest absolute Gasteiger partial charge is 0.493 e. The number of halogens is 1. The molecule has 156 valence electrons. The van der Waals surface area contributed by atoms with Crippen LogP contribution in [0, 0.1) is 23.7 Å². The van der Waals surface area contributed by atoms with Crippen LogP contribution in [0.3, 0.4) is 0 Å². The van der Waals surface area contributed by atoms with E-state index in [4.69, 9.17) is 9.47 Å². The molecular weight excluding hydrogens is 436 g/mol. The number of carbonyl (C=O) groups excluding carboxylic acids is 3. The van der Waals surface area contributed by atoms with Crippen molar-refractivity contribution in [3.63, 3.8) is 0 Å². The fourth-order valence-corrected chi connectivity index (χ4v) is 5.22. The minimum absolute atomic E-state index is 0.277. The molecule has 0 spiro atoms. The molecule has 0 aromatic rings. The number of hydrogen-bond acceptors (Lipinski definition) is 5. The summed E-state index contributed by atoms with van der Waals surface area (Å²) in [6.07, 6.45) is 8.97. The lowest BCUT2D eigenvalue weighted by molar-refractivity contribution is -0.157. The molecule has 1 saturated heterocycles. The van der Waals surface area contributed by atoms with Crippen molar-refractivity contribution in [2.75, 3.05) is 6.61 Å². The Morgan fingerprint density at radius 2 is 2.07 bits per heavy atom. The first kappa shape index (κ1) is 21.8. The number of ether oxygens (including phenoxy) is 2. The van der Waals surface area contributed by atoms with Crippen molar-refractivity contribution in [2.24, 2.45) is 23.7 Å². The average molecular weight is 463 g/mol. The van der Waals surface area contributed by atoms with Crippen LogP contribution in [0.4, 0.5) is 0 Å². The zero-order valence-electron chi connectivity index (χ0n) is 17.5. The van der Waals surface area contributed by atoms with Crippen LogP contribution in [0.5, 0.6) is 0 Å². The number of rotatable bonds is 5. The summed E-state index contributed by atoms with van der Waals surface area (Å²) in [5, 5.41) is 0. The van der Waals surface area contributed by atoms with Crippen LogP contribution in [0.25, 0.3) is 0 Å². The second-order valence-corrected chi connectivity index (χ2v) is 9.13. The van der Waals surface area contributed by atoms with Crippen LogP contribution < -0.4 is 0 Å². The Bertz CT molecular complexity index is 878. The van der Waals surface area contributed by atoms with Crippen LogP contribution in [0.15, 0.2) is 45.7 Å². The molecule has 0 radical (unpaired) electrons. The molecule has 6 heteroatoms. The van der Waals surface area contributed by atoms with Gasteiger partial charge in [0, 0.05) is 11.8 Å². The first-order chi connectivity index (χ1) is 13.6. The highest BCUT2D eigenvalue weighted by Gasteiger charge is 2.64. The fourth-order valence-electron chi connectivity index (χ4n) is 4.42. The fraction of sp³-hybridized carbons (Fsp3) is 0.522. The molecule has 1 fully saturated rings. The topological polar surface area (TPSA) is 69.7 Å². The predicted octanol–water partition coefficient (Wildman–Crippen LogP) is 4.43. The highest BCUT2D eigenvalue weighted by atomic mass is 79.9. The van der Waals surface area contributed by atoms with Gasteiger partial charge >= 0.3 is 5.97 Å². The third-order valence-electron chi connectivity index (χ3n) is 6.17. The van der Waals surface area contributed by atoms with Gasteiger partial charge in [0.1, 0.15) is 17.5 Å². The smallest absolute Gasteiger partial charge is 0.317 e. The second kappa shape index (κ2) is 8.05. The first-order valence-corrected chi connectivity index (χ1v) is 10.8. The van der Waals surface area contributed by atoms with Crippen LogP contribution in [0.1, 0.15) is 41.0 Å². The maximum Gasteiger partial charge on any atom is 0.317 e. The monoisotopic (exact) mass is 462 g/mol. The van der Waals surface area contributed by atoms with E-state index in [1.807, 2.05) is 25.2 Å². The van der Waals surface area contributed by atoms with E-state index in [0.717, 1.165) is 17.6 Å². The Hall–Kier alpha value is -1.95. The molecule has 0 aromatic heterocycles. The van der Waals surface area contributed by atoms with Crippen molar-refractivity contribution in [1.82, 2.24) is 0 Å². The lowest BCUT2D eigenvalue weighted by Gasteiger charge is -2.41. The molecule has 3 aliphatic rings. The van der Waals surface area contributed by atoms with E-state index < -0.39 is 23.4 Å². The van der Waals surface area contributed by atoms with Crippen molar-refractivity contribution < 1.29 is 23.9 Å². The molecular formula is C23H27BrO5. The average Bonchev–Trinajstić information content (AvgIpc) is 2.96. The van der Waals surface area contributed by atoms with Crippen molar-refractivity contribution in [2.45, 2.75) is 46.6 Å². The van der Waals surface area contributed by atoms with Crippen molar-refractivity contribution in [3.8, 4) is 0 Å². The van der Waals surface area contributed by atoms with E-state index in [2.05, 4.69) is 35.9 Å². The highest BCUT2D eigenvalue weighted by molar-refractivity contribution is 9.12. The van der Waals surface area contributed by atoms with Crippen molar-refractivity contribution >= 4 is 33.5 Å². The Morgan fingerprint density at radius 3 is 2.69 bits per heavy atom. The molecule has 5 nitrogen and oxygen atoms in total. The number of esters is 1. The van der Waals surface area contributed by atoms with E-state index in [1.54, 1.807) is 6.92 Å². The van der Waals surface area contributed by atoms with Gasteiger partial charge in [-0.05, 0) is 60.3 Å². The molecule has 5 atom stereocenters. The Balaban J connectivity index is 1.96. The molecule has 2 aliphatic heterocycles. The maximum atomic E-state index is 13.0. The molecule has 0 bridgehead atoms. The lowest BCUT2D eigenvalue weighted by Crippen LogP contribution is -2.52. The molecule has 0 aromatic carbocycles. The number of allylic oxidation sites excluding steroid dienone is 5. The Kier molecular flexibility index (Phi) is 6.04. The minimum Gasteiger partial charge on any atom is -0.493 e. The van der Waals surface area contributed by atoms with E-state index in [0.29, 0.717) is 16.2 Å². The van der Waals surface area contributed by atoms with Gasteiger partial charge in [-0.15, -0.1) is 0 Å². The zero-order chi connectivity index (χ0) is 21.5. The first-order valence-electron chi connectivity index (χ1n) is 9.98. The number of ketones is 2. The summed E-state index contributed by atoms with van der Waals surface area (Å²) >= 11 is 3.41. The molecule has 1 aliphatic carbocycles. The Morgan fingerprint density at radius 1 is 1.38 bits per heavy atom. The SMILES string of the molecule is CC[C@H](C)/C=C(C)/C=C/C1=CC2=C(Br)C(=O)[C@]3(C)OC(=O)[C@@H](C(C)=O)[C@@H]3C2CO1. The highest BCUT2D eigenvalue weighted by Crippen LogP contribution is 2.53. The van der Waals surface area contributed by atoms with Gasteiger partial charge < -0.3 is 9.47 Å². The maximum absolute atomic E-state index is 13.0. The normalized spacial score (nSPS) is 33.1. The van der Waals surface area contributed by atoms with E-state index >= 15 is 0 Å².